The van der Waals surface area contributed by atoms with E-state index in [1.54, 1.807) is 6.07 Å². The molecule has 4 heterocycles. The second-order valence-corrected chi connectivity index (χ2v) is 8.92. The van der Waals surface area contributed by atoms with E-state index in [1.807, 2.05) is 0 Å². The standard InChI is InChI=1S/C23H28F3N7O2/c1-3-32-11-12-34-22-19(32)18(27-14-15-7-9-31(2)10-8-15)21-29-28-20(33(21)30-22)16-5-4-6-17(13-16)35-23(24,25)26/h4-6,13,15,27H,3,7-12,14H2,1-2H3. The van der Waals surface area contributed by atoms with E-state index >= 15 is 0 Å². The topological polar surface area (TPSA) is 80.0 Å². The Morgan fingerprint density at radius 3 is 2.71 bits per heavy atom. The zero-order chi connectivity index (χ0) is 24.6. The van der Waals surface area contributed by atoms with Crippen molar-refractivity contribution in [3.63, 3.8) is 0 Å². The zero-order valence-corrected chi connectivity index (χ0v) is 19.7. The fourth-order valence-electron chi connectivity index (χ4n) is 4.64. The van der Waals surface area contributed by atoms with Gasteiger partial charge in [-0.3, -0.25) is 0 Å². The fourth-order valence-corrected chi connectivity index (χ4v) is 4.64. The SMILES string of the molecule is CCN1CCOc2nn3c(-c4cccc(OC(F)(F)F)c4)nnc3c(NCC3CCN(C)CC3)c21. The predicted molar refractivity (Wildman–Crippen MR) is 125 cm³/mol. The monoisotopic (exact) mass is 491 g/mol. The number of hydrogen-bond donors (Lipinski definition) is 1. The molecule has 2 aliphatic heterocycles. The molecule has 0 aliphatic carbocycles. The maximum Gasteiger partial charge on any atom is 0.573 e. The van der Waals surface area contributed by atoms with Gasteiger partial charge in [-0.2, -0.15) is 4.52 Å². The van der Waals surface area contributed by atoms with Crippen LogP contribution in [0.1, 0.15) is 19.8 Å². The summed E-state index contributed by atoms with van der Waals surface area (Å²) in [5.74, 6) is 0.933. The van der Waals surface area contributed by atoms with E-state index in [0.717, 1.165) is 56.9 Å². The smallest absolute Gasteiger partial charge is 0.473 e. The van der Waals surface area contributed by atoms with Crippen molar-refractivity contribution >= 4 is 17.0 Å². The molecule has 0 amide bonds. The Morgan fingerprint density at radius 2 is 1.97 bits per heavy atom. The Bertz CT molecular complexity index is 1190. The van der Waals surface area contributed by atoms with Gasteiger partial charge < -0.3 is 24.6 Å². The number of nitrogens with one attached hydrogen (secondary N) is 1. The molecule has 1 fully saturated rings. The highest BCUT2D eigenvalue weighted by Gasteiger charge is 2.32. The Morgan fingerprint density at radius 1 is 1.17 bits per heavy atom. The van der Waals surface area contributed by atoms with E-state index in [-0.39, 0.29) is 5.75 Å². The predicted octanol–water partition coefficient (Wildman–Crippen LogP) is 3.66. The number of fused-ring (bicyclic) bond motifs is 2. The van der Waals surface area contributed by atoms with Crippen LogP contribution in [0, 0.1) is 5.92 Å². The molecule has 0 bridgehead atoms. The normalized spacial score (nSPS) is 17.3. The number of rotatable bonds is 6. The lowest BCUT2D eigenvalue weighted by Crippen LogP contribution is -2.35. The number of piperidine rings is 1. The van der Waals surface area contributed by atoms with Gasteiger partial charge in [0.2, 0.25) is 5.65 Å². The Labute approximate surface area is 200 Å². The van der Waals surface area contributed by atoms with Gasteiger partial charge in [-0.25, -0.2) is 0 Å². The molecule has 0 unspecified atom stereocenters. The van der Waals surface area contributed by atoms with Crippen LogP contribution in [-0.2, 0) is 0 Å². The summed E-state index contributed by atoms with van der Waals surface area (Å²) in [6, 6.07) is 5.64. The number of benzene rings is 1. The first kappa shape index (κ1) is 23.5. The van der Waals surface area contributed by atoms with Gasteiger partial charge >= 0.3 is 6.36 Å². The molecule has 1 saturated heterocycles. The number of likely N-dealkylation sites (tertiary alicyclic amines) is 1. The van der Waals surface area contributed by atoms with Gasteiger partial charge in [0.1, 0.15) is 23.7 Å². The summed E-state index contributed by atoms with van der Waals surface area (Å²) in [5.41, 5.74) is 2.51. The van der Waals surface area contributed by atoms with Gasteiger partial charge in [-0.05, 0) is 58.0 Å². The summed E-state index contributed by atoms with van der Waals surface area (Å²) >= 11 is 0. The van der Waals surface area contributed by atoms with E-state index < -0.39 is 6.36 Å². The quantitative estimate of drug-likeness (QED) is 0.560. The second-order valence-electron chi connectivity index (χ2n) is 8.92. The van der Waals surface area contributed by atoms with Crippen LogP contribution < -0.4 is 19.7 Å². The van der Waals surface area contributed by atoms with Gasteiger partial charge in [0.05, 0.1) is 6.54 Å². The van der Waals surface area contributed by atoms with E-state index in [9.17, 15) is 13.2 Å². The lowest BCUT2D eigenvalue weighted by atomic mass is 9.97. The molecule has 3 aromatic rings. The van der Waals surface area contributed by atoms with Crippen molar-refractivity contribution in [1.82, 2.24) is 24.7 Å². The number of anilines is 2. The van der Waals surface area contributed by atoms with E-state index in [1.165, 1.54) is 22.7 Å². The van der Waals surface area contributed by atoms with Gasteiger partial charge in [-0.1, -0.05) is 12.1 Å². The largest absolute Gasteiger partial charge is 0.573 e. The maximum absolute atomic E-state index is 12.7. The van der Waals surface area contributed by atoms with Gasteiger partial charge in [-0.15, -0.1) is 28.5 Å². The van der Waals surface area contributed by atoms with Crippen LogP contribution in [0.25, 0.3) is 17.0 Å². The third kappa shape index (κ3) is 4.93. The molecular formula is C23H28F3N7O2. The molecule has 188 valence electrons. The number of nitrogens with zero attached hydrogens (tertiary/aromatic N) is 6. The summed E-state index contributed by atoms with van der Waals surface area (Å²) in [7, 11) is 2.13. The lowest BCUT2D eigenvalue weighted by molar-refractivity contribution is -0.274. The third-order valence-corrected chi connectivity index (χ3v) is 6.52. The highest BCUT2D eigenvalue weighted by atomic mass is 19.4. The molecule has 0 atom stereocenters. The Kier molecular flexibility index (Phi) is 6.30. The van der Waals surface area contributed by atoms with Crippen molar-refractivity contribution in [2.75, 3.05) is 56.6 Å². The van der Waals surface area contributed by atoms with Crippen LogP contribution in [0.5, 0.6) is 11.6 Å². The molecule has 5 rings (SSSR count). The molecule has 2 aliphatic rings. The summed E-state index contributed by atoms with van der Waals surface area (Å²) in [6.45, 7) is 6.95. The molecule has 0 saturated carbocycles. The van der Waals surface area contributed by atoms with Crippen molar-refractivity contribution in [2.24, 2.45) is 5.92 Å². The van der Waals surface area contributed by atoms with Crippen LogP contribution in [0.15, 0.2) is 24.3 Å². The average molecular weight is 492 g/mol. The summed E-state index contributed by atoms with van der Waals surface area (Å²) < 4.78 is 49.7. The summed E-state index contributed by atoms with van der Waals surface area (Å²) in [4.78, 5) is 4.52. The highest BCUT2D eigenvalue weighted by molar-refractivity contribution is 5.87. The van der Waals surface area contributed by atoms with E-state index in [2.05, 4.69) is 49.1 Å². The van der Waals surface area contributed by atoms with Crippen LogP contribution in [0.2, 0.25) is 0 Å². The number of ether oxygens (including phenoxy) is 2. The van der Waals surface area contributed by atoms with Crippen LogP contribution in [0.3, 0.4) is 0 Å². The number of likely N-dealkylation sites (N-methyl/N-ethyl adjacent to an activating group) is 1. The van der Waals surface area contributed by atoms with Crippen molar-refractivity contribution in [1.29, 1.82) is 0 Å². The molecule has 0 radical (unpaired) electrons. The van der Waals surface area contributed by atoms with E-state index in [4.69, 9.17) is 4.74 Å². The number of aromatic nitrogens is 4. The van der Waals surface area contributed by atoms with Crippen LogP contribution >= 0.6 is 0 Å². The van der Waals surface area contributed by atoms with Crippen molar-refractivity contribution in [3.8, 4) is 23.0 Å². The molecule has 2 aromatic heterocycles. The number of halogens is 3. The Hall–Kier alpha value is -3.28. The fraction of sp³-hybridized carbons (Fsp3) is 0.522. The summed E-state index contributed by atoms with van der Waals surface area (Å²) in [6.07, 6.45) is -2.58. The number of hydrogen-bond acceptors (Lipinski definition) is 8. The minimum atomic E-state index is -4.79. The lowest BCUT2D eigenvalue weighted by Gasteiger charge is -2.33. The zero-order valence-electron chi connectivity index (χ0n) is 19.7. The number of alkyl halides is 3. The van der Waals surface area contributed by atoms with E-state index in [0.29, 0.717) is 35.4 Å². The molecule has 0 spiro atoms. The minimum absolute atomic E-state index is 0.301. The molecular weight excluding hydrogens is 463 g/mol. The molecule has 35 heavy (non-hydrogen) atoms. The first-order chi connectivity index (χ1) is 16.8. The molecule has 9 nitrogen and oxygen atoms in total. The van der Waals surface area contributed by atoms with Crippen molar-refractivity contribution in [2.45, 2.75) is 26.1 Å². The Balaban J connectivity index is 1.54. The minimum Gasteiger partial charge on any atom is -0.473 e. The first-order valence-corrected chi connectivity index (χ1v) is 11.8. The van der Waals surface area contributed by atoms with Crippen molar-refractivity contribution < 1.29 is 22.6 Å². The maximum atomic E-state index is 12.7. The summed E-state index contributed by atoms with van der Waals surface area (Å²) in [5, 5.41) is 16.9. The van der Waals surface area contributed by atoms with Gasteiger partial charge in [0, 0.05) is 18.7 Å². The highest BCUT2D eigenvalue weighted by Crippen LogP contribution is 2.40. The van der Waals surface area contributed by atoms with Gasteiger partial charge in [0.25, 0.3) is 5.88 Å². The third-order valence-electron chi connectivity index (χ3n) is 6.52. The molecule has 1 N–H and O–H groups in total. The van der Waals surface area contributed by atoms with Crippen molar-refractivity contribution in [3.05, 3.63) is 24.3 Å². The average Bonchev–Trinajstić information content (AvgIpc) is 3.25. The molecule has 1 aromatic carbocycles. The molecule has 12 heteroatoms. The van der Waals surface area contributed by atoms with Gasteiger partial charge in [0.15, 0.2) is 5.82 Å². The first-order valence-electron chi connectivity index (χ1n) is 11.8. The second kappa shape index (κ2) is 9.40. The van der Waals surface area contributed by atoms with Crippen LogP contribution in [-0.4, -0.2) is 77.5 Å². The van der Waals surface area contributed by atoms with Crippen LogP contribution in [0.4, 0.5) is 24.5 Å².